The fraction of sp³-hybridized carbons (Fsp3) is 0.667. The Kier molecular flexibility index (Phi) is 2.72. The van der Waals surface area contributed by atoms with Crippen LogP contribution in [0.15, 0.2) is 0 Å². The molecule has 1 saturated heterocycles. The van der Waals surface area contributed by atoms with E-state index in [0.717, 1.165) is 0 Å². The van der Waals surface area contributed by atoms with Gasteiger partial charge in [-0.25, -0.2) is 0 Å². The maximum Gasteiger partial charge on any atom is 0.418 e. The second kappa shape index (κ2) is 3.43. The van der Waals surface area contributed by atoms with Gasteiger partial charge < -0.3 is 5.32 Å². The van der Waals surface area contributed by atoms with Crippen LogP contribution in [0.2, 0.25) is 0 Å². The first-order valence-corrected chi connectivity index (χ1v) is 5.27. The van der Waals surface area contributed by atoms with Crippen molar-refractivity contribution in [3.63, 3.8) is 0 Å². The molecule has 2 N–H and O–H groups in total. The molecule has 1 aliphatic heterocycles. The summed E-state index contributed by atoms with van der Waals surface area (Å²) < 4.78 is 33.2. The Morgan fingerprint density at radius 2 is 2.13 bits per heavy atom. The number of amides is 2. The molecule has 1 fully saturated rings. The molecule has 1 unspecified atom stereocenters. The molecule has 1 aliphatic rings. The van der Waals surface area contributed by atoms with Gasteiger partial charge in [-0.2, -0.15) is 13.5 Å². The van der Waals surface area contributed by atoms with Crippen molar-refractivity contribution in [2.24, 2.45) is 0 Å². The average molecular weight is 238 g/mol. The van der Waals surface area contributed by atoms with Gasteiger partial charge in [0.2, 0.25) is 6.41 Å². The Labute approximate surface area is 86.1 Å². The molecule has 0 bridgehead atoms. The van der Waals surface area contributed by atoms with E-state index in [9.17, 15) is 18.0 Å². The second-order valence-corrected chi connectivity index (χ2v) is 4.51. The monoisotopic (exact) mass is 238 g/mol. The van der Waals surface area contributed by atoms with E-state index in [0.29, 0.717) is 11.5 Å². The number of hydrogen-bond donors (Lipinski definition) is 2. The van der Waals surface area contributed by atoms with E-state index < -0.39 is 27.9 Å². The van der Waals surface area contributed by atoms with Crippen molar-refractivity contribution in [1.82, 2.24) is 10.4 Å². The molecule has 1 atom stereocenters. The standard InChI is InChI=1S/C6H10N2O6S/c1-6(2)4(7-3-9)5(10)8(6)14-15(11,12)13/h3-4H,1-2H3,(H,7,9)(H,11,12,13). The summed E-state index contributed by atoms with van der Waals surface area (Å²) in [5.74, 6) is -0.746. The first kappa shape index (κ1) is 11.9. The summed E-state index contributed by atoms with van der Waals surface area (Å²) in [6.45, 7) is 2.95. The molecule has 0 aromatic heterocycles. The van der Waals surface area contributed by atoms with Crippen LogP contribution in [0.5, 0.6) is 0 Å². The first-order chi connectivity index (χ1) is 6.70. The van der Waals surface area contributed by atoms with Crippen LogP contribution < -0.4 is 5.32 Å². The molecule has 0 aliphatic carbocycles. The van der Waals surface area contributed by atoms with E-state index in [-0.39, 0.29) is 0 Å². The normalized spacial score (nSPS) is 24.6. The third-order valence-electron chi connectivity index (χ3n) is 2.08. The molecule has 0 aromatic carbocycles. The van der Waals surface area contributed by atoms with Crippen LogP contribution in [0.25, 0.3) is 0 Å². The lowest BCUT2D eigenvalue weighted by Crippen LogP contribution is -2.75. The predicted octanol–water partition coefficient (Wildman–Crippen LogP) is -1.54. The predicted molar refractivity (Wildman–Crippen MR) is 46.5 cm³/mol. The zero-order valence-electron chi connectivity index (χ0n) is 8.00. The largest absolute Gasteiger partial charge is 0.418 e. The minimum atomic E-state index is -4.74. The molecule has 15 heavy (non-hydrogen) atoms. The Balaban J connectivity index is 2.80. The minimum Gasteiger partial charge on any atom is -0.345 e. The number of carbonyl (C=O) groups is 2. The van der Waals surface area contributed by atoms with Gasteiger partial charge in [-0.1, -0.05) is 0 Å². The lowest BCUT2D eigenvalue weighted by Gasteiger charge is -2.50. The Bertz CT molecular complexity index is 388. The number of hydrogen-bond acceptors (Lipinski definition) is 5. The lowest BCUT2D eigenvalue weighted by molar-refractivity contribution is -0.218. The van der Waals surface area contributed by atoms with Crippen molar-refractivity contribution in [1.29, 1.82) is 0 Å². The van der Waals surface area contributed by atoms with E-state index in [1.54, 1.807) is 0 Å². The molecule has 2 amide bonds. The molecule has 1 rings (SSSR count). The minimum absolute atomic E-state index is 0.328. The Morgan fingerprint density at radius 3 is 2.47 bits per heavy atom. The number of β-lactam (4-membered cyclic amide) rings is 1. The highest BCUT2D eigenvalue weighted by Crippen LogP contribution is 2.32. The van der Waals surface area contributed by atoms with Gasteiger partial charge in [0.05, 0.1) is 5.54 Å². The van der Waals surface area contributed by atoms with Crippen molar-refractivity contribution in [2.45, 2.75) is 25.4 Å². The maximum atomic E-state index is 11.2. The lowest BCUT2D eigenvalue weighted by atomic mass is 9.85. The van der Waals surface area contributed by atoms with Gasteiger partial charge in [-0.15, -0.1) is 4.28 Å². The van der Waals surface area contributed by atoms with Gasteiger partial charge in [0.15, 0.2) is 0 Å². The van der Waals surface area contributed by atoms with Gasteiger partial charge in [0.25, 0.3) is 5.91 Å². The average Bonchev–Trinajstić information content (AvgIpc) is 2.08. The van der Waals surface area contributed by atoms with Crippen molar-refractivity contribution in [2.75, 3.05) is 0 Å². The molecule has 0 radical (unpaired) electrons. The summed E-state index contributed by atoms with van der Waals surface area (Å²) in [4.78, 5) is 21.4. The Morgan fingerprint density at radius 1 is 1.60 bits per heavy atom. The number of rotatable bonds is 4. The van der Waals surface area contributed by atoms with Crippen LogP contribution >= 0.6 is 0 Å². The topological polar surface area (TPSA) is 113 Å². The smallest absolute Gasteiger partial charge is 0.345 e. The van der Waals surface area contributed by atoms with Crippen molar-refractivity contribution in [3.8, 4) is 0 Å². The van der Waals surface area contributed by atoms with E-state index >= 15 is 0 Å². The molecule has 86 valence electrons. The fourth-order valence-electron chi connectivity index (χ4n) is 1.32. The summed E-state index contributed by atoms with van der Waals surface area (Å²) in [5, 5.41) is 2.70. The van der Waals surface area contributed by atoms with E-state index in [2.05, 4.69) is 9.60 Å². The molecule has 9 heteroatoms. The van der Waals surface area contributed by atoms with Crippen molar-refractivity contribution in [3.05, 3.63) is 0 Å². The molecular formula is C6H10N2O6S. The summed E-state index contributed by atoms with van der Waals surface area (Å²) in [6, 6.07) is -0.864. The SMILES string of the molecule is CC1(C)C(NC=O)C(=O)N1OS(=O)(=O)O. The molecule has 1 heterocycles. The zero-order valence-corrected chi connectivity index (χ0v) is 8.82. The fourth-order valence-corrected chi connectivity index (χ4v) is 1.78. The highest BCUT2D eigenvalue weighted by molar-refractivity contribution is 7.80. The van der Waals surface area contributed by atoms with Crippen LogP contribution in [0.3, 0.4) is 0 Å². The van der Waals surface area contributed by atoms with Gasteiger partial charge >= 0.3 is 10.4 Å². The molecule has 8 nitrogen and oxygen atoms in total. The summed E-state index contributed by atoms with van der Waals surface area (Å²) >= 11 is 0. The second-order valence-electron chi connectivity index (χ2n) is 3.51. The van der Waals surface area contributed by atoms with Crippen LogP contribution in [-0.2, 0) is 24.3 Å². The quantitative estimate of drug-likeness (QED) is 0.348. The van der Waals surface area contributed by atoms with Crippen molar-refractivity contribution >= 4 is 22.7 Å². The van der Waals surface area contributed by atoms with Gasteiger partial charge in [-0.3, -0.25) is 14.1 Å². The van der Waals surface area contributed by atoms with Crippen molar-refractivity contribution < 1.29 is 26.8 Å². The van der Waals surface area contributed by atoms with Gasteiger partial charge in [0.1, 0.15) is 6.04 Å². The van der Waals surface area contributed by atoms with Crippen LogP contribution in [0, 0.1) is 0 Å². The van der Waals surface area contributed by atoms with Gasteiger partial charge in [0, 0.05) is 0 Å². The highest BCUT2D eigenvalue weighted by Gasteiger charge is 2.57. The van der Waals surface area contributed by atoms with Crippen LogP contribution in [0.1, 0.15) is 13.8 Å². The number of carbonyl (C=O) groups excluding carboxylic acids is 2. The van der Waals surface area contributed by atoms with Crippen LogP contribution in [-0.4, -0.2) is 41.9 Å². The molecule has 0 aromatic rings. The zero-order chi connectivity index (χ0) is 11.9. The number of hydroxylamine groups is 2. The summed E-state index contributed by atoms with van der Waals surface area (Å²) in [6.07, 6.45) is 0.328. The third-order valence-corrected chi connectivity index (χ3v) is 2.42. The first-order valence-electron chi connectivity index (χ1n) is 3.91. The number of nitrogens with zero attached hydrogens (tertiary/aromatic N) is 1. The number of nitrogens with one attached hydrogen (secondary N) is 1. The molecule has 0 spiro atoms. The molecule has 0 saturated carbocycles. The van der Waals surface area contributed by atoms with Gasteiger partial charge in [-0.05, 0) is 13.8 Å². The third kappa shape index (κ3) is 2.08. The maximum absolute atomic E-state index is 11.2. The van der Waals surface area contributed by atoms with Crippen LogP contribution in [0.4, 0.5) is 0 Å². The molecular weight excluding hydrogens is 228 g/mol. The van der Waals surface area contributed by atoms with E-state index in [4.69, 9.17) is 4.55 Å². The van der Waals surface area contributed by atoms with E-state index in [1.165, 1.54) is 13.8 Å². The Hall–Kier alpha value is -1.19. The van der Waals surface area contributed by atoms with E-state index in [1.807, 2.05) is 0 Å². The summed E-state index contributed by atoms with van der Waals surface area (Å²) in [7, 11) is -4.74. The highest BCUT2D eigenvalue weighted by atomic mass is 32.3. The summed E-state index contributed by atoms with van der Waals surface area (Å²) in [5.41, 5.74) is -1.03.